The minimum absolute atomic E-state index is 0.479. The predicted molar refractivity (Wildman–Crippen MR) is 99.7 cm³/mol. The predicted octanol–water partition coefficient (Wildman–Crippen LogP) is 3.47. The van der Waals surface area contributed by atoms with E-state index in [4.69, 9.17) is 0 Å². The van der Waals surface area contributed by atoms with Crippen molar-refractivity contribution in [2.24, 2.45) is 0 Å². The minimum atomic E-state index is 0.479. The van der Waals surface area contributed by atoms with E-state index >= 15 is 0 Å². The number of hydrogen-bond acceptors (Lipinski definition) is 5. The molecule has 3 aromatic heterocycles. The Morgan fingerprint density at radius 2 is 2.16 bits per heavy atom. The van der Waals surface area contributed by atoms with Crippen molar-refractivity contribution in [2.45, 2.75) is 38.8 Å². The topological polar surface area (TPSA) is 46.8 Å². The lowest BCUT2D eigenvalue weighted by molar-refractivity contribution is 0.193. The van der Waals surface area contributed by atoms with Gasteiger partial charge in [0.15, 0.2) is 0 Å². The second kappa shape index (κ2) is 7.45. The minimum Gasteiger partial charge on any atom is -0.329 e. The van der Waals surface area contributed by atoms with Crippen LogP contribution in [0.25, 0.3) is 0 Å². The smallest absolute Gasteiger partial charge is 0.113 e. The summed E-state index contributed by atoms with van der Waals surface area (Å²) in [6, 6.07) is 6.28. The van der Waals surface area contributed by atoms with Crippen molar-refractivity contribution in [3.8, 4) is 0 Å². The largest absolute Gasteiger partial charge is 0.329 e. The number of thiazole rings is 1. The molecular weight excluding hydrogens is 330 g/mol. The summed E-state index contributed by atoms with van der Waals surface area (Å²) in [7, 11) is 0. The van der Waals surface area contributed by atoms with Crippen LogP contribution in [0.15, 0.2) is 41.5 Å². The second-order valence-corrected chi connectivity index (χ2v) is 7.46. The highest BCUT2D eigenvalue weighted by molar-refractivity contribution is 7.07. The molecule has 5 nitrogen and oxygen atoms in total. The summed E-state index contributed by atoms with van der Waals surface area (Å²) in [5.41, 5.74) is 5.25. The highest BCUT2D eigenvalue weighted by Crippen LogP contribution is 2.27. The summed E-state index contributed by atoms with van der Waals surface area (Å²) < 4.78 is 2.26. The zero-order valence-corrected chi connectivity index (χ0v) is 15.3. The molecule has 3 aromatic rings. The third-order valence-corrected chi connectivity index (χ3v) is 5.40. The van der Waals surface area contributed by atoms with Crippen molar-refractivity contribution in [3.05, 3.63) is 64.4 Å². The molecular formula is C19H23N5S. The van der Waals surface area contributed by atoms with Crippen molar-refractivity contribution in [3.63, 3.8) is 0 Å². The Bertz CT molecular complexity index is 811. The summed E-state index contributed by atoms with van der Waals surface area (Å²) >= 11 is 1.65. The molecule has 1 fully saturated rings. The number of piperidine rings is 1. The lowest BCUT2D eigenvalue weighted by Gasteiger charge is -2.32. The third kappa shape index (κ3) is 3.96. The molecule has 1 aliphatic heterocycles. The number of pyridine rings is 1. The first-order valence-electron chi connectivity index (χ1n) is 8.81. The number of likely N-dealkylation sites (tertiary alicyclic amines) is 1. The second-order valence-electron chi connectivity index (χ2n) is 6.74. The number of nitrogens with zero attached hydrogens (tertiary/aromatic N) is 5. The molecule has 0 amide bonds. The van der Waals surface area contributed by atoms with Crippen molar-refractivity contribution < 1.29 is 0 Å². The lowest BCUT2D eigenvalue weighted by atomic mass is 9.97. The standard InChI is InChI=1S/C19H23N5S/c1-15-4-2-6-17(22-15)11-23-8-3-5-16(10-23)19-20-7-9-24(19)12-18-13-25-14-21-18/h2,4,6-7,9,13-14,16H,3,5,8,10-12H2,1H3. The maximum Gasteiger partial charge on any atom is 0.113 e. The maximum absolute atomic E-state index is 4.67. The average Bonchev–Trinajstić information content (AvgIpc) is 3.27. The summed E-state index contributed by atoms with van der Waals surface area (Å²) in [5, 5.41) is 2.11. The highest BCUT2D eigenvalue weighted by Gasteiger charge is 2.25. The molecule has 0 radical (unpaired) electrons. The van der Waals surface area contributed by atoms with E-state index in [1.807, 2.05) is 11.7 Å². The van der Waals surface area contributed by atoms with E-state index in [1.165, 1.54) is 18.7 Å². The van der Waals surface area contributed by atoms with Crippen LogP contribution >= 0.6 is 11.3 Å². The van der Waals surface area contributed by atoms with Gasteiger partial charge >= 0.3 is 0 Å². The van der Waals surface area contributed by atoms with E-state index in [9.17, 15) is 0 Å². The van der Waals surface area contributed by atoms with E-state index in [-0.39, 0.29) is 0 Å². The van der Waals surface area contributed by atoms with Crippen molar-refractivity contribution >= 4 is 11.3 Å². The molecule has 6 heteroatoms. The van der Waals surface area contributed by atoms with E-state index in [2.05, 4.69) is 61.1 Å². The van der Waals surface area contributed by atoms with Gasteiger partial charge in [0.1, 0.15) is 5.82 Å². The number of rotatable bonds is 5. The van der Waals surface area contributed by atoms with Crippen LogP contribution in [0.4, 0.5) is 0 Å². The summed E-state index contributed by atoms with van der Waals surface area (Å²) in [6.45, 7) is 5.97. The third-order valence-electron chi connectivity index (χ3n) is 4.77. The molecule has 130 valence electrons. The van der Waals surface area contributed by atoms with Crippen LogP contribution in [0.1, 0.15) is 41.7 Å². The van der Waals surface area contributed by atoms with Gasteiger partial charge in [-0.05, 0) is 38.4 Å². The fraction of sp³-hybridized carbons (Fsp3) is 0.421. The van der Waals surface area contributed by atoms with E-state index < -0.39 is 0 Å². The van der Waals surface area contributed by atoms with Gasteiger partial charge in [-0.1, -0.05) is 6.07 Å². The Morgan fingerprint density at radius 1 is 1.20 bits per heavy atom. The van der Waals surface area contributed by atoms with Crippen molar-refractivity contribution in [1.82, 2.24) is 24.4 Å². The molecule has 25 heavy (non-hydrogen) atoms. The summed E-state index contributed by atoms with van der Waals surface area (Å²) in [5.74, 6) is 1.67. The van der Waals surface area contributed by atoms with Crippen molar-refractivity contribution in [2.75, 3.05) is 13.1 Å². The van der Waals surface area contributed by atoms with Crippen LogP contribution in [0.5, 0.6) is 0 Å². The molecule has 1 unspecified atom stereocenters. The van der Waals surface area contributed by atoms with Crippen LogP contribution in [0.2, 0.25) is 0 Å². The van der Waals surface area contributed by atoms with Gasteiger partial charge in [0.05, 0.1) is 23.4 Å². The molecule has 4 heterocycles. The normalized spacial score (nSPS) is 18.5. The average molecular weight is 353 g/mol. The Hall–Kier alpha value is -2.05. The van der Waals surface area contributed by atoms with Gasteiger partial charge in [0, 0.05) is 42.5 Å². The molecule has 0 bridgehead atoms. The molecule has 1 aliphatic rings. The first-order chi connectivity index (χ1) is 12.3. The van der Waals surface area contributed by atoms with Crippen LogP contribution in [-0.2, 0) is 13.1 Å². The number of hydrogen-bond donors (Lipinski definition) is 0. The Morgan fingerprint density at radius 3 is 3.00 bits per heavy atom. The first kappa shape index (κ1) is 16.4. The zero-order chi connectivity index (χ0) is 17.1. The number of imidazole rings is 1. The quantitative estimate of drug-likeness (QED) is 0.705. The van der Waals surface area contributed by atoms with Gasteiger partial charge in [0.2, 0.25) is 0 Å². The molecule has 0 aliphatic carbocycles. The Balaban J connectivity index is 1.45. The summed E-state index contributed by atoms with van der Waals surface area (Å²) in [6.07, 6.45) is 6.41. The molecule has 0 aromatic carbocycles. The van der Waals surface area contributed by atoms with Crippen LogP contribution < -0.4 is 0 Å². The molecule has 0 saturated carbocycles. The van der Waals surface area contributed by atoms with Gasteiger partial charge < -0.3 is 4.57 Å². The molecule has 0 N–H and O–H groups in total. The van der Waals surface area contributed by atoms with E-state index in [0.717, 1.165) is 43.3 Å². The van der Waals surface area contributed by atoms with Crippen LogP contribution in [0, 0.1) is 6.92 Å². The molecule has 1 atom stereocenters. The first-order valence-corrected chi connectivity index (χ1v) is 9.75. The lowest BCUT2D eigenvalue weighted by Crippen LogP contribution is -2.35. The summed E-state index contributed by atoms with van der Waals surface area (Å²) in [4.78, 5) is 16.2. The SMILES string of the molecule is Cc1cccc(CN2CCCC(c3nccn3Cc3cscn3)C2)n1. The Labute approximate surface area is 152 Å². The van der Waals surface area contributed by atoms with Gasteiger partial charge in [-0.25, -0.2) is 9.97 Å². The van der Waals surface area contributed by atoms with Gasteiger partial charge in [0.25, 0.3) is 0 Å². The molecule has 0 spiro atoms. The number of aryl methyl sites for hydroxylation is 1. The van der Waals surface area contributed by atoms with Crippen LogP contribution in [-0.4, -0.2) is 37.5 Å². The highest BCUT2D eigenvalue weighted by atomic mass is 32.1. The van der Waals surface area contributed by atoms with Gasteiger partial charge in [-0.15, -0.1) is 11.3 Å². The fourth-order valence-electron chi connectivity index (χ4n) is 3.63. The van der Waals surface area contributed by atoms with E-state index in [1.54, 1.807) is 11.3 Å². The molecule has 1 saturated heterocycles. The monoisotopic (exact) mass is 353 g/mol. The van der Waals surface area contributed by atoms with Gasteiger partial charge in [-0.2, -0.15) is 0 Å². The number of aromatic nitrogens is 4. The molecule has 4 rings (SSSR count). The van der Waals surface area contributed by atoms with Crippen molar-refractivity contribution in [1.29, 1.82) is 0 Å². The maximum atomic E-state index is 4.67. The fourth-order valence-corrected chi connectivity index (χ4v) is 4.18. The van der Waals surface area contributed by atoms with E-state index in [0.29, 0.717) is 5.92 Å². The Kier molecular flexibility index (Phi) is 4.90. The van der Waals surface area contributed by atoms with Gasteiger partial charge in [-0.3, -0.25) is 9.88 Å². The zero-order valence-electron chi connectivity index (χ0n) is 14.5. The van der Waals surface area contributed by atoms with Crippen LogP contribution in [0.3, 0.4) is 0 Å².